The molecule has 0 aliphatic carbocycles. The number of rotatable bonds is 4. The third kappa shape index (κ3) is 2.32. The molecule has 1 N–H and O–H groups in total. The first kappa shape index (κ1) is 10.5. The molecule has 1 heterocycles. The van der Waals surface area contributed by atoms with Crippen LogP contribution in [0.1, 0.15) is 30.9 Å². The summed E-state index contributed by atoms with van der Waals surface area (Å²) >= 11 is 0. The van der Waals surface area contributed by atoms with Crippen LogP contribution < -0.4 is 5.32 Å². The van der Waals surface area contributed by atoms with Crippen LogP contribution in [0.3, 0.4) is 0 Å². The summed E-state index contributed by atoms with van der Waals surface area (Å²) in [5.41, 5.74) is 4.23. The highest BCUT2D eigenvalue weighted by Gasteiger charge is 2.17. The molecule has 2 nitrogen and oxygen atoms in total. The van der Waals surface area contributed by atoms with E-state index in [0.717, 1.165) is 13.1 Å². The van der Waals surface area contributed by atoms with Gasteiger partial charge in [0.15, 0.2) is 0 Å². The number of benzene rings is 1. The highest BCUT2D eigenvalue weighted by molar-refractivity contribution is 5.49. The molecule has 0 saturated carbocycles. The number of nitrogens with one attached hydrogen (secondary N) is 1. The normalized spacial score (nSPS) is 15.3. The van der Waals surface area contributed by atoms with Gasteiger partial charge in [-0.2, -0.15) is 0 Å². The molecule has 0 unspecified atom stereocenters. The molecule has 82 valence electrons. The Labute approximate surface area is 92.3 Å². The van der Waals surface area contributed by atoms with Crippen molar-refractivity contribution in [2.75, 3.05) is 18.9 Å². The fourth-order valence-corrected chi connectivity index (χ4v) is 2.16. The second-order valence-corrected chi connectivity index (χ2v) is 4.30. The maximum absolute atomic E-state index is 3.20. The molecular formula is C13H20N2. The minimum Gasteiger partial charge on any atom is -0.388 e. The standard InChI is InChI=1S/C13H20N2/c1-3-4-7-15-9-11-5-6-13(14-2)8-12(11)10-15/h5-6,8,14H,3-4,7,9-10H2,1-2H3. The average molecular weight is 204 g/mol. The predicted molar refractivity (Wildman–Crippen MR) is 65.0 cm³/mol. The SMILES string of the molecule is CCCCN1Cc2ccc(NC)cc2C1. The van der Waals surface area contributed by atoms with E-state index in [4.69, 9.17) is 0 Å². The van der Waals surface area contributed by atoms with E-state index in [0.29, 0.717) is 0 Å². The lowest BCUT2D eigenvalue weighted by Crippen LogP contribution is -2.17. The van der Waals surface area contributed by atoms with E-state index in [1.54, 1.807) is 0 Å². The van der Waals surface area contributed by atoms with Crippen molar-refractivity contribution in [2.45, 2.75) is 32.9 Å². The minimum atomic E-state index is 1.13. The zero-order valence-corrected chi connectivity index (χ0v) is 9.71. The van der Waals surface area contributed by atoms with Gasteiger partial charge in [0, 0.05) is 25.8 Å². The molecule has 0 bridgehead atoms. The Morgan fingerprint density at radius 2 is 2.07 bits per heavy atom. The second kappa shape index (κ2) is 4.67. The van der Waals surface area contributed by atoms with E-state index in [1.165, 1.54) is 36.2 Å². The molecule has 0 saturated heterocycles. The van der Waals surface area contributed by atoms with Crippen LogP contribution >= 0.6 is 0 Å². The summed E-state index contributed by atoms with van der Waals surface area (Å²) in [4.78, 5) is 2.54. The molecule has 0 fully saturated rings. The first-order valence-electron chi connectivity index (χ1n) is 5.85. The van der Waals surface area contributed by atoms with Crippen LogP contribution in [0.2, 0.25) is 0 Å². The topological polar surface area (TPSA) is 15.3 Å². The van der Waals surface area contributed by atoms with Gasteiger partial charge in [-0.05, 0) is 36.2 Å². The van der Waals surface area contributed by atoms with Crippen LogP contribution in [-0.2, 0) is 13.1 Å². The lowest BCUT2D eigenvalue weighted by molar-refractivity contribution is 0.279. The zero-order valence-electron chi connectivity index (χ0n) is 9.71. The summed E-state index contributed by atoms with van der Waals surface area (Å²) in [6.45, 7) is 5.76. The van der Waals surface area contributed by atoms with E-state index in [9.17, 15) is 0 Å². The Morgan fingerprint density at radius 3 is 2.80 bits per heavy atom. The van der Waals surface area contributed by atoms with Crippen LogP contribution in [0.4, 0.5) is 5.69 Å². The summed E-state index contributed by atoms with van der Waals surface area (Å²) in [5.74, 6) is 0. The van der Waals surface area contributed by atoms with Crippen molar-refractivity contribution >= 4 is 5.69 Å². The fraction of sp³-hybridized carbons (Fsp3) is 0.538. The van der Waals surface area contributed by atoms with Crippen molar-refractivity contribution in [2.24, 2.45) is 0 Å². The molecule has 1 aliphatic rings. The molecule has 1 aromatic rings. The molecule has 15 heavy (non-hydrogen) atoms. The predicted octanol–water partition coefficient (Wildman–Crippen LogP) is 2.84. The molecule has 2 heteroatoms. The molecule has 1 aliphatic heterocycles. The fourth-order valence-electron chi connectivity index (χ4n) is 2.16. The van der Waals surface area contributed by atoms with Gasteiger partial charge in [-0.15, -0.1) is 0 Å². The molecule has 0 atom stereocenters. The maximum Gasteiger partial charge on any atom is 0.0341 e. The Kier molecular flexibility index (Phi) is 3.27. The number of unbranched alkanes of at least 4 members (excludes halogenated alkanes) is 1. The quantitative estimate of drug-likeness (QED) is 0.811. The Hall–Kier alpha value is -1.02. The summed E-state index contributed by atoms with van der Waals surface area (Å²) in [7, 11) is 1.98. The van der Waals surface area contributed by atoms with Gasteiger partial charge in [0.25, 0.3) is 0 Å². The van der Waals surface area contributed by atoms with Gasteiger partial charge in [0.1, 0.15) is 0 Å². The molecule has 0 aromatic heterocycles. The van der Waals surface area contributed by atoms with Gasteiger partial charge in [-0.25, -0.2) is 0 Å². The molecule has 0 radical (unpaired) electrons. The summed E-state index contributed by atoms with van der Waals surface area (Å²) < 4.78 is 0. The lowest BCUT2D eigenvalue weighted by atomic mass is 10.1. The van der Waals surface area contributed by atoms with Gasteiger partial charge in [0.05, 0.1) is 0 Å². The van der Waals surface area contributed by atoms with Gasteiger partial charge >= 0.3 is 0 Å². The third-order valence-corrected chi connectivity index (χ3v) is 3.11. The van der Waals surface area contributed by atoms with Crippen LogP contribution in [0, 0.1) is 0 Å². The van der Waals surface area contributed by atoms with Crippen LogP contribution in [0.15, 0.2) is 18.2 Å². The summed E-state index contributed by atoms with van der Waals surface area (Å²) in [5, 5.41) is 3.20. The van der Waals surface area contributed by atoms with E-state index in [2.05, 4.69) is 35.3 Å². The number of nitrogens with zero attached hydrogens (tertiary/aromatic N) is 1. The van der Waals surface area contributed by atoms with Crippen molar-refractivity contribution in [3.63, 3.8) is 0 Å². The smallest absolute Gasteiger partial charge is 0.0341 e. The number of hydrogen-bond donors (Lipinski definition) is 1. The Bertz CT molecular complexity index is 333. The average Bonchev–Trinajstić information content (AvgIpc) is 2.67. The monoisotopic (exact) mass is 204 g/mol. The molecule has 2 rings (SSSR count). The number of hydrogen-bond acceptors (Lipinski definition) is 2. The van der Waals surface area contributed by atoms with Crippen LogP contribution in [0.5, 0.6) is 0 Å². The van der Waals surface area contributed by atoms with E-state index in [1.807, 2.05) is 7.05 Å². The van der Waals surface area contributed by atoms with Gasteiger partial charge in [-0.3, -0.25) is 4.90 Å². The van der Waals surface area contributed by atoms with Crippen molar-refractivity contribution < 1.29 is 0 Å². The Balaban J connectivity index is 2.03. The maximum atomic E-state index is 3.20. The first-order valence-corrected chi connectivity index (χ1v) is 5.85. The second-order valence-electron chi connectivity index (χ2n) is 4.30. The van der Waals surface area contributed by atoms with Gasteiger partial charge < -0.3 is 5.32 Å². The van der Waals surface area contributed by atoms with Crippen molar-refractivity contribution in [1.82, 2.24) is 4.90 Å². The summed E-state index contributed by atoms with van der Waals surface area (Å²) in [6.07, 6.45) is 2.60. The van der Waals surface area contributed by atoms with Crippen LogP contribution in [0.25, 0.3) is 0 Å². The number of anilines is 1. The largest absolute Gasteiger partial charge is 0.388 e. The Morgan fingerprint density at radius 1 is 1.27 bits per heavy atom. The van der Waals surface area contributed by atoms with Crippen molar-refractivity contribution in [3.8, 4) is 0 Å². The third-order valence-electron chi connectivity index (χ3n) is 3.11. The molecule has 0 amide bonds. The van der Waals surface area contributed by atoms with E-state index in [-0.39, 0.29) is 0 Å². The molecule has 1 aromatic carbocycles. The number of fused-ring (bicyclic) bond motifs is 1. The van der Waals surface area contributed by atoms with Crippen LogP contribution in [-0.4, -0.2) is 18.5 Å². The van der Waals surface area contributed by atoms with Gasteiger partial charge in [0.2, 0.25) is 0 Å². The minimum absolute atomic E-state index is 1.13. The lowest BCUT2D eigenvalue weighted by Gasteiger charge is -2.13. The highest BCUT2D eigenvalue weighted by atomic mass is 15.1. The van der Waals surface area contributed by atoms with Crippen molar-refractivity contribution in [3.05, 3.63) is 29.3 Å². The highest BCUT2D eigenvalue weighted by Crippen LogP contribution is 2.25. The summed E-state index contributed by atoms with van der Waals surface area (Å²) in [6, 6.07) is 6.70. The molecular weight excluding hydrogens is 184 g/mol. The van der Waals surface area contributed by atoms with Gasteiger partial charge in [-0.1, -0.05) is 19.4 Å². The first-order chi connectivity index (χ1) is 7.33. The zero-order chi connectivity index (χ0) is 10.7. The molecule has 0 spiro atoms. The van der Waals surface area contributed by atoms with Crippen molar-refractivity contribution in [1.29, 1.82) is 0 Å². The van der Waals surface area contributed by atoms with E-state index < -0.39 is 0 Å². The van der Waals surface area contributed by atoms with E-state index >= 15 is 0 Å².